The molecule has 0 saturated carbocycles. The van der Waals surface area contributed by atoms with Crippen LogP contribution in [0, 0.1) is 5.82 Å². The maximum Gasteiger partial charge on any atom is 0.328 e. The van der Waals surface area contributed by atoms with Crippen molar-refractivity contribution >= 4 is 17.6 Å². The summed E-state index contributed by atoms with van der Waals surface area (Å²) in [5.74, 6) is -1.18. The highest BCUT2D eigenvalue weighted by atomic mass is 19.1. The van der Waals surface area contributed by atoms with Crippen LogP contribution in [-0.4, -0.2) is 50.5 Å². The lowest BCUT2D eigenvalue weighted by Gasteiger charge is -2.27. The molecule has 0 saturated heterocycles. The molecule has 1 unspecified atom stereocenters. The number of ether oxygens (including phenoxy) is 4. The number of carboxylic acids is 1. The topological polar surface area (TPSA) is 115 Å². The van der Waals surface area contributed by atoms with E-state index in [-0.39, 0.29) is 29.1 Å². The third-order valence-corrected chi connectivity index (χ3v) is 5.76. The first-order valence-corrected chi connectivity index (χ1v) is 11.4. The summed E-state index contributed by atoms with van der Waals surface area (Å²) in [6.45, 7) is -0.101. The molecule has 0 aromatic heterocycles. The van der Waals surface area contributed by atoms with E-state index < -0.39 is 23.8 Å². The monoisotopic (exact) mass is 525 g/mol. The Morgan fingerprint density at radius 3 is 2.26 bits per heavy atom. The van der Waals surface area contributed by atoms with E-state index in [4.69, 9.17) is 24.1 Å². The van der Waals surface area contributed by atoms with E-state index in [1.54, 1.807) is 36.4 Å². The van der Waals surface area contributed by atoms with E-state index in [0.717, 1.165) is 18.2 Å². The smallest absolute Gasteiger partial charge is 0.328 e. The number of carbonyl (C=O) groups is 2. The lowest BCUT2D eigenvalue weighted by Crippen LogP contribution is -2.30. The fourth-order valence-corrected chi connectivity index (χ4v) is 3.95. The molecule has 10 heteroatoms. The molecule has 0 spiro atoms. The number of rotatable bonds is 11. The molecule has 0 aliphatic heterocycles. The molecule has 200 valence electrons. The molecule has 0 bridgehead atoms. The van der Waals surface area contributed by atoms with Gasteiger partial charge < -0.3 is 34.1 Å². The van der Waals surface area contributed by atoms with Crippen LogP contribution in [0.4, 0.5) is 10.1 Å². The predicted octanol–water partition coefficient (Wildman–Crippen LogP) is 4.12. The summed E-state index contributed by atoms with van der Waals surface area (Å²) >= 11 is 0. The lowest BCUT2D eigenvalue weighted by atomic mass is 9.97. The van der Waals surface area contributed by atoms with Gasteiger partial charge in [-0.3, -0.25) is 4.79 Å². The normalized spacial score (nSPS) is 11.6. The zero-order chi connectivity index (χ0) is 27.8. The molecule has 3 rings (SSSR count). The maximum absolute atomic E-state index is 14.5. The Labute approximate surface area is 219 Å². The number of nitrogens with zero attached hydrogens (tertiary/aromatic N) is 1. The zero-order valence-electron chi connectivity index (χ0n) is 21.3. The van der Waals surface area contributed by atoms with Crippen molar-refractivity contribution in [2.24, 2.45) is 0 Å². The number of hydrogen-bond acceptors (Lipinski definition) is 7. The molecule has 1 atom stereocenters. The van der Waals surface area contributed by atoms with Gasteiger partial charge >= 0.3 is 5.97 Å². The summed E-state index contributed by atoms with van der Waals surface area (Å²) in [5.41, 5.74) is 1.01. The van der Waals surface area contributed by atoms with Crippen LogP contribution in [0.5, 0.6) is 23.0 Å². The number of aliphatic hydroxyl groups is 1. The molecular weight excluding hydrogens is 497 g/mol. The summed E-state index contributed by atoms with van der Waals surface area (Å²) in [6, 6.07) is 13.4. The minimum atomic E-state index is -1.44. The first-order valence-electron chi connectivity index (χ1n) is 11.4. The summed E-state index contributed by atoms with van der Waals surface area (Å²) < 4.78 is 35.9. The summed E-state index contributed by atoms with van der Waals surface area (Å²) in [5, 5.41) is 20.5. The molecule has 0 fully saturated rings. The number of methoxy groups -OCH3 is 4. The van der Waals surface area contributed by atoms with Crippen molar-refractivity contribution in [3.05, 3.63) is 89.3 Å². The Bertz CT molecular complexity index is 1340. The van der Waals surface area contributed by atoms with Gasteiger partial charge in [0.05, 0.1) is 40.7 Å². The number of halogens is 1. The van der Waals surface area contributed by atoms with Gasteiger partial charge in [-0.15, -0.1) is 0 Å². The summed E-state index contributed by atoms with van der Waals surface area (Å²) in [7, 11) is 5.80. The highest BCUT2D eigenvalue weighted by Gasteiger charge is 2.26. The van der Waals surface area contributed by atoms with Crippen molar-refractivity contribution in [1.82, 2.24) is 0 Å². The number of hydrogen-bond donors (Lipinski definition) is 2. The second-order valence-electron chi connectivity index (χ2n) is 7.96. The molecule has 0 aliphatic carbocycles. The Kier molecular flexibility index (Phi) is 9.28. The van der Waals surface area contributed by atoms with Gasteiger partial charge in [-0.25, -0.2) is 9.18 Å². The third kappa shape index (κ3) is 6.22. The molecule has 2 N–H and O–H groups in total. The van der Waals surface area contributed by atoms with E-state index in [0.29, 0.717) is 28.9 Å². The van der Waals surface area contributed by atoms with Crippen molar-refractivity contribution in [3.8, 4) is 23.0 Å². The fourth-order valence-electron chi connectivity index (χ4n) is 3.95. The average molecular weight is 526 g/mol. The van der Waals surface area contributed by atoms with Crippen LogP contribution in [0.15, 0.2) is 66.7 Å². The molecule has 3 aromatic rings. The number of aliphatic hydroxyl groups excluding tert-OH is 1. The van der Waals surface area contributed by atoms with Crippen molar-refractivity contribution in [2.75, 3.05) is 33.3 Å². The van der Waals surface area contributed by atoms with Gasteiger partial charge in [0, 0.05) is 34.9 Å². The largest absolute Gasteiger partial charge is 0.497 e. The number of para-hydroxylation sites is 1. The Morgan fingerprint density at radius 2 is 1.63 bits per heavy atom. The van der Waals surface area contributed by atoms with Crippen molar-refractivity contribution in [1.29, 1.82) is 0 Å². The van der Waals surface area contributed by atoms with Crippen LogP contribution in [0.25, 0.3) is 0 Å². The van der Waals surface area contributed by atoms with E-state index in [2.05, 4.69) is 0 Å². The first-order chi connectivity index (χ1) is 18.2. The van der Waals surface area contributed by atoms with Gasteiger partial charge in [0.2, 0.25) is 0 Å². The number of amides is 1. The zero-order valence-corrected chi connectivity index (χ0v) is 21.3. The maximum atomic E-state index is 14.5. The number of anilines is 1. The fraction of sp³-hybridized carbons (Fsp3) is 0.214. The van der Waals surface area contributed by atoms with Gasteiger partial charge in [0.25, 0.3) is 5.91 Å². The van der Waals surface area contributed by atoms with E-state index >= 15 is 0 Å². The minimum Gasteiger partial charge on any atom is -0.497 e. The molecule has 38 heavy (non-hydrogen) atoms. The Hall–Kier alpha value is -4.57. The quantitative estimate of drug-likeness (QED) is 0.360. The van der Waals surface area contributed by atoms with Crippen LogP contribution >= 0.6 is 0 Å². The summed E-state index contributed by atoms with van der Waals surface area (Å²) in [6.07, 6.45) is 0.136. The molecule has 0 radical (unpaired) electrons. The van der Waals surface area contributed by atoms with Crippen molar-refractivity contribution in [2.45, 2.75) is 12.6 Å². The molecule has 1 amide bonds. The minimum absolute atomic E-state index is 0.0427. The third-order valence-electron chi connectivity index (χ3n) is 5.76. The van der Waals surface area contributed by atoms with Crippen LogP contribution in [0.1, 0.15) is 22.8 Å². The SMILES string of the molecule is COc1ccc(CN(C(=O)C=CC(=O)O)c2ccc(F)cc2C(O)c2cccc(OC)c2OC)c(OC)c1. The standard InChI is InChI=1S/C28H28FNO8/c1-35-19-10-8-17(24(15-19)37-3)16-30(25(31)12-13-26(32)33)22-11-9-18(29)14-21(22)27(34)20-6-5-7-23(36-2)28(20)38-4/h5-15,27,34H,16H2,1-4H3,(H,32,33). The van der Waals surface area contributed by atoms with Gasteiger partial charge in [0.1, 0.15) is 23.4 Å². The Morgan fingerprint density at radius 1 is 0.895 bits per heavy atom. The molecular formula is C28H28FNO8. The van der Waals surface area contributed by atoms with E-state index in [1.807, 2.05) is 0 Å². The highest BCUT2D eigenvalue weighted by molar-refractivity contribution is 6.04. The molecule has 0 heterocycles. The second kappa shape index (κ2) is 12.6. The second-order valence-corrected chi connectivity index (χ2v) is 7.96. The van der Waals surface area contributed by atoms with Gasteiger partial charge in [-0.05, 0) is 36.4 Å². The molecule has 9 nitrogen and oxygen atoms in total. The number of carbonyl (C=O) groups excluding carboxylic acids is 1. The van der Waals surface area contributed by atoms with Crippen LogP contribution in [0.3, 0.4) is 0 Å². The molecule has 3 aromatic carbocycles. The van der Waals surface area contributed by atoms with E-state index in [1.165, 1.54) is 39.4 Å². The summed E-state index contributed by atoms with van der Waals surface area (Å²) in [4.78, 5) is 25.6. The van der Waals surface area contributed by atoms with Gasteiger partial charge in [0.15, 0.2) is 11.5 Å². The van der Waals surface area contributed by atoms with Crippen LogP contribution in [-0.2, 0) is 16.1 Å². The van der Waals surface area contributed by atoms with Crippen LogP contribution < -0.4 is 23.8 Å². The first kappa shape index (κ1) is 28.0. The highest BCUT2D eigenvalue weighted by Crippen LogP contribution is 2.40. The van der Waals surface area contributed by atoms with Crippen molar-refractivity contribution in [3.63, 3.8) is 0 Å². The van der Waals surface area contributed by atoms with E-state index in [9.17, 15) is 19.1 Å². The van der Waals surface area contributed by atoms with Gasteiger partial charge in [-0.1, -0.05) is 12.1 Å². The average Bonchev–Trinajstić information content (AvgIpc) is 2.93. The van der Waals surface area contributed by atoms with Crippen LogP contribution in [0.2, 0.25) is 0 Å². The Balaban J connectivity index is 2.19. The number of aliphatic carboxylic acids is 1. The predicted molar refractivity (Wildman–Crippen MR) is 138 cm³/mol. The number of carboxylic acid groups (broad SMARTS) is 1. The van der Waals surface area contributed by atoms with Crippen molar-refractivity contribution < 1.29 is 43.1 Å². The molecule has 0 aliphatic rings. The lowest BCUT2D eigenvalue weighted by molar-refractivity contribution is -0.131. The van der Waals surface area contributed by atoms with Gasteiger partial charge in [-0.2, -0.15) is 0 Å². The number of benzene rings is 3.